The Morgan fingerprint density at radius 1 is 1.14 bits per heavy atom. The molecule has 0 bridgehead atoms. The second-order valence-electron chi connectivity index (χ2n) is 6.79. The van der Waals surface area contributed by atoms with Crippen LogP contribution in [0.4, 0.5) is 0 Å². The van der Waals surface area contributed by atoms with E-state index in [4.69, 9.17) is 9.69 Å². The minimum absolute atomic E-state index is 0.159. The van der Waals surface area contributed by atoms with Crippen molar-refractivity contribution in [3.05, 3.63) is 40.4 Å². The van der Waals surface area contributed by atoms with Crippen molar-refractivity contribution >= 4 is 35.0 Å². The summed E-state index contributed by atoms with van der Waals surface area (Å²) in [5.41, 5.74) is 0.674. The van der Waals surface area contributed by atoms with Crippen molar-refractivity contribution in [1.82, 2.24) is 0 Å². The lowest BCUT2D eigenvalue weighted by molar-refractivity contribution is 0.490. The highest BCUT2D eigenvalue weighted by atomic mass is 79.9. The molecule has 0 amide bonds. The molecular formula is C17H20BrNOSi. The lowest BCUT2D eigenvalue weighted by Gasteiger charge is -2.36. The van der Waals surface area contributed by atoms with Gasteiger partial charge in [0.15, 0.2) is 0 Å². The molecule has 0 fully saturated rings. The van der Waals surface area contributed by atoms with Gasteiger partial charge in [-0.25, -0.2) is 0 Å². The molecule has 0 radical (unpaired) electrons. The van der Waals surface area contributed by atoms with Gasteiger partial charge in [0, 0.05) is 0 Å². The van der Waals surface area contributed by atoms with E-state index in [2.05, 4.69) is 55.9 Å². The lowest BCUT2D eigenvalue weighted by atomic mass is 10.1. The van der Waals surface area contributed by atoms with Crippen LogP contribution in [-0.4, -0.2) is 8.32 Å². The standard InChI is InChI=1S/C17H20BrNOSi/c1-17(2,3)21(4,5)20-15-9-7-13-10-12(11-19)6-8-14(13)16(15)18/h6-10H,1-5H3. The van der Waals surface area contributed by atoms with Gasteiger partial charge in [0.25, 0.3) is 8.32 Å². The highest BCUT2D eigenvalue weighted by Crippen LogP contribution is 2.41. The van der Waals surface area contributed by atoms with Crippen molar-refractivity contribution in [3.8, 4) is 11.8 Å². The molecule has 21 heavy (non-hydrogen) atoms. The van der Waals surface area contributed by atoms with Gasteiger partial charge >= 0.3 is 0 Å². The predicted octanol–water partition coefficient (Wildman–Crippen LogP) is 5.86. The first-order valence-electron chi connectivity index (χ1n) is 6.97. The van der Waals surface area contributed by atoms with Gasteiger partial charge < -0.3 is 4.43 Å². The number of nitrogens with zero attached hydrogens (tertiary/aromatic N) is 1. The maximum absolute atomic E-state index is 8.98. The van der Waals surface area contributed by atoms with Crippen molar-refractivity contribution in [2.24, 2.45) is 0 Å². The van der Waals surface area contributed by atoms with Crippen LogP contribution in [0.2, 0.25) is 18.1 Å². The molecule has 2 aromatic rings. The van der Waals surface area contributed by atoms with Crippen molar-refractivity contribution in [2.75, 3.05) is 0 Å². The van der Waals surface area contributed by atoms with E-state index in [9.17, 15) is 0 Å². The molecule has 0 atom stereocenters. The molecule has 4 heteroatoms. The highest BCUT2D eigenvalue weighted by molar-refractivity contribution is 9.10. The predicted molar refractivity (Wildman–Crippen MR) is 94.2 cm³/mol. The van der Waals surface area contributed by atoms with E-state index in [0.29, 0.717) is 5.56 Å². The molecular weight excluding hydrogens is 342 g/mol. The van der Waals surface area contributed by atoms with Crippen LogP contribution in [0.3, 0.4) is 0 Å². The Balaban J connectivity index is 2.48. The summed E-state index contributed by atoms with van der Waals surface area (Å²) in [7, 11) is -1.86. The molecule has 0 spiro atoms. The second-order valence-corrected chi connectivity index (χ2v) is 12.3. The molecule has 0 aliphatic rings. The first-order chi connectivity index (χ1) is 9.65. The summed E-state index contributed by atoms with van der Waals surface area (Å²) in [6.07, 6.45) is 0. The molecule has 0 N–H and O–H groups in total. The molecule has 0 aromatic heterocycles. The average Bonchev–Trinajstić information content (AvgIpc) is 2.40. The maximum atomic E-state index is 8.98. The summed E-state index contributed by atoms with van der Waals surface area (Å²) in [5.74, 6) is 0.888. The fraction of sp³-hybridized carbons (Fsp3) is 0.353. The van der Waals surface area contributed by atoms with Crippen molar-refractivity contribution in [1.29, 1.82) is 5.26 Å². The van der Waals surface area contributed by atoms with Gasteiger partial charge in [-0.05, 0) is 63.0 Å². The zero-order valence-corrected chi connectivity index (χ0v) is 15.7. The molecule has 0 heterocycles. The third-order valence-electron chi connectivity index (χ3n) is 4.22. The Labute approximate surface area is 136 Å². The van der Waals surface area contributed by atoms with Crippen LogP contribution in [0.1, 0.15) is 26.3 Å². The molecule has 0 aliphatic heterocycles. The van der Waals surface area contributed by atoms with Crippen molar-refractivity contribution in [3.63, 3.8) is 0 Å². The third-order valence-corrected chi connectivity index (χ3v) is 9.38. The average molecular weight is 362 g/mol. The SMILES string of the molecule is CC(C)(C)[Si](C)(C)Oc1ccc2cc(C#N)ccc2c1Br. The smallest absolute Gasteiger partial charge is 0.250 e. The van der Waals surface area contributed by atoms with Gasteiger partial charge in [-0.3, -0.25) is 0 Å². The van der Waals surface area contributed by atoms with Gasteiger partial charge in [-0.1, -0.05) is 32.9 Å². The molecule has 0 unspecified atom stereocenters. The Morgan fingerprint density at radius 2 is 1.81 bits per heavy atom. The van der Waals surface area contributed by atoms with E-state index in [1.165, 1.54) is 0 Å². The highest BCUT2D eigenvalue weighted by Gasteiger charge is 2.39. The molecule has 0 saturated heterocycles. The first-order valence-corrected chi connectivity index (χ1v) is 10.7. The molecule has 2 aromatic carbocycles. The normalized spacial score (nSPS) is 12.2. The Kier molecular flexibility index (Phi) is 4.19. The zero-order chi connectivity index (χ0) is 15.8. The molecule has 0 saturated carbocycles. The molecule has 0 aliphatic carbocycles. The summed E-state index contributed by atoms with van der Waals surface area (Å²) < 4.78 is 7.36. The zero-order valence-electron chi connectivity index (χ0n) is 13.1. The number of nitriles is 1. The first kappa shape index (κ1) is 16.1. The van der Waals surface area contributed by atoms with Crippen LogP contribution in [0.5, 0.6) is 5.75 Å². The summed E-state index contributed by atoms with van der Waals surface area (Å²) in [6, 6.07) is 11.9. The summed E-state index contributed by atoms with van der Waals surface area (Å²) in [6.45, 7) is 11.2. The summed E-state index contributed by atoms with van der Waals surface area (Å²) in [4.78, 5) is 0. The van der Waals surface area contributed by atoms with Crippen LogP contribution in [0.15, 0.2) is 34.8 Å². The Hall–Kier alpha value is -1.31. The monoisotopic (exact) mass is 361 g/mol. The van der Waals surface area contributed by atoms with E-state index in [1.807, 2.05) is 30.3 Å². The van der Waals surface area contributed by atoms with Crippen LogP contribution in [0.25, 0.3) is 10.8 Å². The lowest BCUT2D eigenvalue weighted by Crippen LogP contribution is -2.43. The van der Waals surface area contributed by atoms with Gasteiger partial charge in [0.1, 0.15) is 5.75 Å². The van der Waals surface area contributed by atoms with Crippen LogP contribution in [-0.2, 0) is 0 Å². The van der Waals surface area contributed by atoms with Crippen LogP contribution in [0, 0.1) is 11.3 Å². The molecule has 2 nitrogen and oxygen atoms in total. The van der Waals surface area contributed by atoms with E-state index < -0.39 is 8.32 Å². The van der Waals surface area contributed by atoms with E-state index in [1.54, 1.807) is 0 Å². The van der Waals surface area contributed by atoms with Crippen molar-refractivity contribution < 1.29 is 4.43 Å². The number of benzene rings is 2. The molecule has 2 rings (SSSR count). The molecule has 110 valence electrons. The van der Waals surface area contributed by atoms with Gasteiger partial charge in [-0.2, -0.15) is 5.26 Å². The number of rotatable bonds is 2. The van der Waals surface area contributed by atoms with E-state index in [-0.39, 0.29) is 5.04 Å². The van der Waals surface area contributed by atoms with Crippen LogP contribution >= 0.6 is 15.9 Å². The maximum Gasteiger partial charge on any atom is 0.250 e. The van der Waals surface area contributed by atoms with E-state index >= 15 is 0 Å². The summed E-state index contributed by atoms with van der Waals surface area (Å²) in [5, 5.41) is 11.3. The van der Waals surface area contributed by atoms with E-state index in [0.717, 1.165) is 21.0 Å². The van der Waals surface area contributed by atoms with Gasteiger partial charge in [0.05, 0.1) is 16.1 Å². The Bertz CT molecular complexity index is 726. The summed E-state index contributed by atoms with van der Waals surface area (Å²) >= 11 is 3.66. The number of hydrogen-bond donors (Lipinski definition) is 0. The fourth-order valence-corrected chi connectivity index (χ4v) is 3.60. The van der Waals surface area contributed by atoms with Gasteiger partial charge in [0.2, 0.25) is 0 Å². The number of halogens is 1. The van der Waals surface area contributed by atoms with Gasteiger partial charge in [-0.15, -0.1) is 0 Å². The van der Waals surface area contributed by atoms with Crippen LogP contribution < -0.4 is 4.43 Å². The van der Waals surface area contributed by atoms with Crippen molar-refractivity contribution in [2.45, 2.75) is 38.9 Å². The fourth-order valence-electron chi connectivity index (χ4n) is 1.85. The quantitative estimate of drug-likeness (QED) is 0.627. The Morgan fingerprint density at radius 3 is 2.38 bits per heavy atom. The third kappa shape index (κ3) is 3.14. The largest absolute Gasteiger partial charge is 0.543 e. The number of hydrogen-bond acceptors (Lipinski definition) is 2. The number of fused-ring (bicyclic) bond motifs is 1. The minimum Gasteiger partial charge on any atom is -0.543 e. The second kappa shape index (κ2) is 5.47. The topological polar surface area (TPSA) is 33.0 Å². The minimum atomic E-state index is -1.86.